The van der Waals surface area contributed by atoms with Gasteiger partial charge in [0.2, 0.25) is 0 Å². The van der Waals surface area contributed by atoms with Gasteiger partial charge in [0.25, 0.3) is 0 Å². The lowest BCUT2D eigenvalue weighted by molar-refractivity contribution is -0.139. The van der Waals surface area contributed by atoms with Crippen molar-refractivity contribution in [1.29, 1.82) is 0 Å². The molecule has 3 nitrogen and oxygen atoms in total. The molecule has 0 atom stereocenters. The van der Waals surface area contributed by atoms with Gasteiger partial charge in [-0.05, 0) is 30.9 Å². The Hall–Kier alpha value is -1.72. The molecule has 1 aromatic rings. The molecule has 20 heavy (non-hydrogen) atoms. The van der Waals surface area contributed by atoms with E-state index in [2.05, 4.69) is 0 Å². The van der Waals surface area contributed by atoms with Gasteiger partial charge in [-0.25, -0.2) is 0 Å². The van der Waals surface area contributed by atoms with Crippen molar-refractivity contribution in [2.45, 2.75) is 44.7 Å². The summed E-state index contributed by atoms with van der Waals surface area (Å²) in [5, 5.41) is 18.1. The Morgan fingerprint density at radius 2 is 1.75 bits per heavy atom. The normalized spacial score (nSPS) is 11.6. The number of aliphatic carboxylic acids is 1. The lowest BCUT2D eigenvalue weighted by Gasteiger charge is -2.12. The summed E-state index contributed by atoms with van der Waals surface area (Å²) in [5.41, 5.74) is -0.737. The molecule has 112 valence electrons. The van der Waals surface area contributed by atoms with Crippen molar-refractivity contribution >= 4 is 5.97 Å². The van der Waals surface area contributed by atoms with E-state index >= 15 is 0 Å². The number of alkyl halides is 3. The average Bonchev–Trinajstić information content (AvgIpc) is 2.33. The number of carboxylic acids is 1. The van der Waals surface area contributed by atoms with E-state index in [1.165, 1.54) is 12.1 Å². The predicted molar refractivity (Wildman–Crippen MR) is 67.5 cm³/mol. The molecule has 0 aliphatic heterocycles. The number of para-hydroxylation sites is 1. The highest BCUT2D eigenvalue weighted by atomic mass is 19.4. The number of phenols is 1. The Bertz CT molecular complexity index is 455. The zero-order chi connectivity index (χ0) is 15.2. The number of phenolic OH excluding ortho intramolecular Hbond substituents is 1. The van der Waals surface area contributed by atoms with E-state index in [-0.39, 0.29) is 12.0 Å². The van der Waals surface area contributed by atoms with Crippen molar-refractivity contribution in [3.05, 3.63) is 29.3 Å². The number of carbonyl (C=O) groups is 1. The van der Waals surface area contributed by atoms with Gasteiger partial charge in [-0.15, -0.1) is 0 Å². The van der Waals surface area contributed by atoms with Crippen LogP contribution in [0.15, 0.2) is 18.2 Å². The fourth-order valence-electron chi connectivity index (χ4n) is 1.97. The van der Waals surface area contributed by atoms with E-state index in [0.29, 0.717) is 25.7 Å². The highest BCUT2D eigenvalue weighted by Gasteiger charge is 2.34. The second-order valence-electron chi connectivity index (χ2n) is 4.62. The Kier molecular flexibility index (Phi) is 5.85. The molecule has 1 aromatic carbocycles. The first-order valence-corrected chi connectivity index (χ1v) is 6.42. The molecule has 0 aromatic heterocycles. The zero-order valence-electron chi connectivity index (χ0n) is 10.9. The topological polar surface area (TPSA) is 57.5 Å². The van der Waals surface area contributed by atoms with E-state index < -0.39 is 23.5 Å². The number of aromatic hydroxyl groups is 1. The maximum absolute atomic E-state index is 12.6. The minimum Gasteiger partial charge on any atom is -0.507 e. The summed E-state index contributed by atoms with van der Waals surface area (Å²) in [6, 6.07) is 3.61. The first-order chi connectivity index (χ1) is 9.32. The maximum atomic E-state index is 12.6. The molecule has 2 N–H and O–H groups in total. The van der Waals surface area contributed by atoms with E-state index in [1.807, 2.05) is 0 Å². The fraction of sp³-hybridized carbons (Fsp3) is 0.500. The van der Waals surface area contributed by atoms with Crippen LogP contribution in [-0.4, -0.2) is 16.2 Å². The van der Waals surface area contributed by atoms with E-state index in [9.17, 15) is 23.1 Å². The second-order valence-corrected chi connectivity index (χ2v) is 4.62. The van der Waals surface area contributed by atoms with Crippen LogP contribution in [0.5, 0.6) is 5.75 Å². The third-order valence-corrected chi connectivity index (χ3v) is 3.01. The van der Waals surface area contributed by atoms with Crippen molar-refractivity contribution in [3.63, 3.8) is 0 Å². The Morgan fingerprint density at radius 3 is 2.35 bits per heavy atom. The molecule has 0 spiro atoms. The van der Waals surface area contributed by atoms with Crippen LogP contribution >= 0.6 is 0 Å². The molecular weight excluding hydrogens is 273 g/mol. The van der Waals surface area contributed by atoms with Gasteiger partial charge in [-0.1, -0.05) is 25.0 Å². The Balaban J connectivity index is 2.47. The summed E-state index contributed by atoms with van der Waals surface area (Å²) >= 11 is 0. The number of rotatable bonds is 7. The monoisotopic (exact) mass is 290 g/mol. The molecule has 0 unspecified atom stereocenters. The molecule has 0 aliphatic carbocycles. The van der Waals surface area contributed by atoms with E-state index in [0.717, 1.165) is 12.5 Å². The number of carboxylic acid groups (broad SMARTS) is 1. The molecular formula is C14H17F3O3. The summed E-state index contributed by atoms with van der Waals surface area (Å²) in [6.07, 6.45) is -1.48. The van der Waals surface area contributed by atoms with Gasteiger partial charge in [0.05, 0.1) is 5.56 Å². The van der Waals surface area contributed by atoms with Gasteiger partial charge < -0.3 is 10.2 Å². The smallest absolute Gasteiger partial charge is 0.419 e. The minimum atomic E-state index is -4.55. The fourth-order valence-corrected chi connectivity index (χ4v) is 1.97. The summed E-state index contributed by atoms with van der Waals surface area (Å²) in [4.78, 5) is 10.3. The van der Waals surface area contributed by atoms with Crippen molar-refractivity contribution in [1.82, 2.24) is 0 Å². The standard InChI is InChI=1S/C14H17F3O3/c15-14(16,17)11-8-5-7-10(13(11)20)6-3-1-2-4-9-12(18)19/h5,7-8,20H,1-4,6,9H2,(H,18,19). The average molecular weight is 290 g/mol. The molecule has 6 heteroatoms. The van der Waals surface area contributed by atoms with Crippen molar-refractivity contribution in [2.75, 3.05) is 0 Å². The summed E-state index contributed by atoms with van der Waals surface area (Å²) in [6.45, 7) is 0. The van der Waals surface area contributed by atoms with Crippen LogP contribution in [0.25, 0.3) is 0 Å². The second kappa shape index (κ2) is 7.17. The minimum absolute atomic E-state index is 0.106. The molecule has 0 fully saturated rings. The molecule has 0 radical (unpaired) electrons. The molecule has 1 rings (SSSR count). The van der Waals surface area contributed by atoms with Crippen LogP contribution in [0.1, 0.15) is 43.2 Å². The van der Waals surface area contributed by atoms with Gasteiger partial charge in [0.1, 0.15) is 5.75 Å². The van der Waals surface area contributed by atoms with Crippen LogP contribution in [0.2, 0.25) is 0 Å². The van der Waals surface area contributed by atoms with Crippen LogP contribution in [-0.2, 0) is 17.4 Å². The quantitative estimate of drug-likeness (QED) is 0.746. The van der Waals surface area contributed by atoms with E-state index in [1.54, 1.807) is 0 Å². The van der Waals surface area contributed by atoms with E-state index in [4.69, 9.17) is 5.11 Å². The van der Waals surface area contributed by atoms with Gasteiger partial charge in [-0.2, -0.15) is 13.2 Å². The summed E-state index contributed by atoms with van der Waals surface area (Å²) in [5.74, 6) is -1.55. The SMILES string of the molecule is O=C(O)CCCCCCc1cccc(C(F)(F)F)c1O. The predicted octanol–water partition coefficient (Wildman–Crippen LogP) is 3.99. The highest BCUT2D eigenvalue weighted by molar-refractivity contribution is 5.66. The lowest BCUT2D eigenvalue weighted by Crippen LogP contribution is -2.06. The number of aryl methyl sites for hydroxylation is 1. The first-order valence-electron chi connectivity index (χ1n) is 6.42. The number of halogens is 3. The number of hydrogen-bond acceptors (Lipinski definition) is 2. The highest BCUT2D eigenvalue weighted by Crippen LogP contribution is 2.37. The lowest BCUT2D eigenvalue weighted by atomic mass is 10.0. The van der Waals surface area contributed by atoms with Crippen LogP contribution in [0, 0.1) is 0 Å². The van der Waals surface area contributed by atoms with Gasteiger partial charge in [0, 0.05) is 6.42 Å². The zero-order valence-corrected chi connectivity index (χ0v) is 10.9. The molecule has 0 saturated heterocycles. The third kappa shape index (κ3) is 5.11. The van der Waals surface area contributed by atoms with Crippen LogP contribution < -0.4 is 0 Å². The molecule has 0 aliphatic rings. The molecule has 0 bridgehead atoms. The Morgan fingerprint density at radius 1 is 1.10 bits per heavy atom. The largest absolute Gasteiger partial charge is 0.507 e. The van der Waals surface area contributed by atoms with Gasteiger partial charge >= 0.3 is 12.1 Å². The number of benzene rings is 1. The van der Waals surface area contributed by atoms with Crippen molar-refractivity contribution < 1.29 is 28.2 Å². The van der Waals surface area contributed by atoms with Crippen LogP contribution in [0.3, 0.4) is 0 Å². The van der Waals surface area contributed by atoms with Crippen molar-refractivity contribution in [2.24, 2.45) is 0 Å². The molecule has 0 heterocycles. The summed E-state index contributed by atoms with van der Waals surface area (Å²) < 4.78 is 37.7. The van der Waals surface area contributed by atoms with Gasteiger partial charge in [-0.3, -0.25) is 4.79 Å². The number of hydrogen-bond donors (Lipinski definition) is 2. The molecule has 0 saturated carbocycles. The van der Waals surface area contributed by atoms with Crippen LogP contribution in [0.4, 0.5) is 13.2 Å². The van der Waals surface area contributed by atoms with Crippen molar-refractivity contribution in [3.8, 4) is 5.75 Å². The Labute approximate surface area is 115 Å². The third-order valence-electron chi connectivity index (χ3n) is 3.01. The van der Waals surface area contributed by atoms with Gasteiger partial charge in [0.15, 0.2) is 0 Å². The summed E-state index contributed by atoms with van der Waals surface area (Å²) in [7, 11) is 0. The first kappa shape index (κ1) is 16.3. The molecule has 0 amide bonds. The maximum Gasteiger partial charge on any atom is 0.419 e. The number of unbranched alkanes of at least 4 members (excludes halogenated alkanes) is 3.